The lowest BCUT2D eigenvalue weighted by Crippen LogP contribution is -2.10. The van der Waals surface area contributed by atoms with Crippen molar-refractivity contribution in [3.63, 3.8) is 0 Å². The van der Waals surface area contributed by atoms with Crippen molar-refractivity contribution in [2.45, 2.75) is 26.2 Å². The fourth-order valence-corrected chi connectivity index (χ4v) is 2.20. The van der Waals surface area contributed by atoms with Crippen LogP contribution in [0, 0.1) is 5.92 Å². The van der Waals surface area contributed by atoms with E-state index in [1.54, 1.807) is 0 Å². The summed E-state index contributed by atoms with van der Waals surface area (Å²) in [6, 6.07) is 8.54. The number of hydrogen-bond acceptors (Lipinski definition) is 2. The molecule has 1 N–H and O–H groups in total. The van der Waals surface area contributed by atoms with Crippen LogP contribution < -0.4 is 10.1 Å². The third-order valence-corrected chi connectivity index (χ3v) is 3.06. The minimum Gasteiger partial charge on any atom is -0.494 e. The van der Waals surface area contributed by atoms with Crippen molar-refractivity contribution in [1.82, 2.24) is 5.32 Å². The summed E-state index contributed by atoms with van der Waals surface area (Å²) < 4.78 is 5.64. The Bertz CT molecular complexity index is 318. The Morgan fingerprint density at radius 1 is 1.44 bits per heavy atom. The lowest BCUT2D eigenvalue weighted by Gasteiger charge is -2.10. The minimum absolute atomic E-state index is 0.807. The Morgan fingerprint density at radius 3 is 3.12 bits per heavy atom. The highest BCUT2D eigenvalue weighted by atomic mass is 16.5. The van der Waals surface area contributed by atoms with Gasteiger partial charge in [-0.1, -0.05) is 19.1 Å². The first kappa shape index (κ1) is 11.5. The predicted molar refractivity (Wildman–Crippen MR) is 66.9 cm³/mol. The van der Waals surface area contributed by atoms with Crippen LogP contribution in [0.15, 0.2) is 24.3 Å². The molecule has 0 amide bonds. The molecule has 16 heavy (non-hydrogen) atoms. The zero-order valence-electron chi connectivity index (χ0n) is 10.0. The van der Waals surface area contributed by atoms with Gasteiger partial charge in [0.25, 0.3) is 0 Å². The third kappa shape index (κ3) is 3.24. The summed E-state index contributed by atoms with van der Waals surface area (Å²) in [6.07, 6.45) is 3.55. The van der Waals surface area contributed by atoms with Crippen LogP contribution >= 0.6 is 0 Å². The first-order chi connectivity index (χ1) is 7.88. The van der Waals surface area contributed by atoms with Gasteiger partial charge in [0.05, 0.1) is 6.61 Å². The SMILES string of the molecule is CCCOc1cccc(CC2CCNC2)c1. The molecule has 0 aliphatic carbocycles. The molecule has 0 spiro atoms. The maximum absolute atomic E-state index is 5.64. The number of benzene rings is 1. The van der Waals surface area contributed by atoms with Crippen molar-refractivity contribution in [2.75, 3.05) is 19.7 Å². The van der Waals surface area contributed by atoms with Crippen LogP contribution in [0.3, 0.4) is 0 Å². The van der Waals surface area contributed by atoms with Crippen LogP contribution in [0.5, 0.6) is 5.75 Å². The van der Waals surface area contributed by atoms with E-state index in [-0.39, 0.29) is 0 Å². The first-order valence-corrected chi connectivity index (χ1v) is 6.31. The molecule has 0 aromatic heterocycles. The van der Waals surface area contributed by atoms with Crippen LogP contribution in [-0.2, 0) is 6.42 Å². The van der Waals surface area contributed by atoms with Crippen molar-refractivity contribution < 1.29 is 4.74 Å². The summed E-state index contributed by atoms with van der Waals surface area (Å²) in [7, 11) is 0. The smallest absolute Gasteiger partial charge is 0.119 e. The molecule has 1 saturated heterocycles. The van der Waals surface area contributed by atoms with E-state index in [1.807, 2.05) is 6.07 Å². The molecule has 1 aliphatic rings. The van der Waals surface area contributed by atoms with E-state index in [4.69, 9.17) is 4.74 Å². The Hall–Kier alpha value is -1.02. The van der Waals surface area contributed by atoms with Crippen LogP contribution in [-0.4, -0.2) is 19.7 Å². The average molecular weight is 219 g/mol. The van der Waals surface area contributed by atoms with Crippen molar-refractivity contribution in [1.29, 1.82) is 0 Å². The van der Waals surface area contributed by atoms with Crippen LogP contribution in [0.4, 0.5) is 0 Å². The van der Waals surface area contributed by atoms with Gasteiger partial charge in [-0.15, -0.1) is 0 Å². The molecule has 0 saturated carbocycles. The molecule has 88 valence electrons. The van der Waals surface area contributed by atoms with Crippen LogP contribution in [0.1, 0.15) is 25.3 Å². The quantitative estimate of drug-likeness (QED) is 0.822. The molecule has 1 fully saturated rings. The van der Waals surface area contributed by atoms with Crippen molar-refractivity contribution in [3.05, 3.63) is 29.8 Å². The van der Waals surface area contributed by atoms with E-state index < -0.39 is 0 Å². The molecule has 2 rings (SSSR count). The van der Waals surface area contributed by atoms with E-state index >= 15 is 0 Å². The number of nitrogens with one attached hydrogen (secondary N) is 1. The molecule has 1 aromatic carbocycles. The maximum Gasteiger partial charge on any atom is 0.119 e. The normalized spacial score (nSPS) is 19.9. The number of ether oxygens (including phenoxy) is 1. The summed E-state index contributed by atoms with van der Waals surface area (Å²) in [4.78, 5) is 0. The topological polar surface area (TPSA) is 21.3 Å². The van der Waals surface area contributed by atoms with Crippen molar-refractivity contribution in [3.8, 4) is 5.75 Å². The fourth-order valence-electron chi connectivity index (χ4n) is 2.20. The Kier molecular flexibility index (Phi) is 4.23. The maximum atomic E-state index is 5.64. The van der Waals surface area contributed by atoms with Gasteiger partial charge in [-0.05, 0) is 56.0 Å². The largest absolute Gasteiger partial charge is 0.494 e. The highest BCUT2D eigenvalue weighted by Gasteiger charge is 2.14. The summed E-state index contributed by atoms with van der Waals surface area (Å²) in [5.74, 6) is 1.83. The predicted octanol–water partition coefficient (Wildman–Crippen LogP) is 2.63. The van der Waals surface area contributed by atoms with E-state index in [1.165, 1.54) is 31.5 Å². The van der Waals surface area contributed by atoms with Gasteiger partial charge in [-0.2, -0.15) is 0 Å². The Labute approximate surface area is 98.0 Å². The zero-order chi connectivity index (χ0) is 11.2. The zero-order valence-corrected chi connectivity index (χ0v) is 10.0. The van der Waals surface area contributed by atoms with E-state index in [9.17, 15) is 0 Å². The molecule has 1 atom stereocenters. The lowest BCUT2D eigenvalue weighted by atomic mass is 9.99. The number of rotatable bonds is 5. The van der Waals surface area contributed by atoms with Gasteiger partial charge >= 0.3 is 0 Å². The molecule has 1 heterocycles. The lowest BCUT2D eigenvalue weighted by molar-refractivity contribution is 0.317. The second-order valence-electron chi connectivity index (χ2n) is 4.56. The molecule has 2 heteroatoms. The van der Waals surface area contributed by atoms with Gasteiger partial charge in [-0.3, -0.25) is 0 Å². The van der Waals surface area contributed by atoms with Gasteiger partial charge in [-0.25, -0.2) is 0 Å². The standard InChI is InChI=1S/C14H21NO/c1-2-8-16-14-5-3-4-12(10-14)9-13-6-7-15-11-13/h3-5,10,13,15H,2,6-9,11H2,1H3. The fraction of sp³-hybridized carbons (Fsp3) is 0.571. The van der Waals surface area contributed by atoms with Gasteiger partial charge in [0.1, 0.15) is 5.75 Å². The summed E-state index contributed by atoms with van der Waals surface area (Å²) >= 11 is 0. The summed E-state index contributed by atoms with van der Waals surface area (Å²) in [5, 5.41) is 3.41. The van der Waals surface area contributed by atoms with Gasteiger partial charge in [0, 0.05) is 0 Å². The summed E-state index contributed by atoms with van der Waals surface area (Å²) in [6.45, 7) is 5.29. The van der Waals surface area contributed by atoms with Gasteiger partial charge < -0.3 is 10.1 Å². The third-order valence-electron chi connectivity index (χ3n) is 3.06. The summed E-state index contributed by atoms with van der Waals surface area (Å²) in [5.41, 5.74) is 1.40. The second-order valence-corrected chi connectivity index (χ2v) is 4.56. The second kappa shape index (κ2) is 5.90. The minimum atomic E-state index is 0.807. The Morgan fingerprint density at radius 2 is 2.38 bits per heavy atom. The van der Waals surface area contributed by atoms with Gasteiger partial charge in [0.15, 0.2) is 0 Å². The number of hydrogen-bond donors (Lipinski definition) is 1. The highest BCUT2D eigenvalue weighted by molar-refractivity contribution is 5.28. The van der Waals surface area contributed by atoms with E-state index in [0.29, 0.717) is 0 Å². The first-order valence-electron chi connectivity index (χ1n) is 6.31. The molecule has 1 aliphatic heterocycles. The highest BCUT2D eigenvalue weighted by Crippen LogP contribution is 2.19. The molecule has 2 nitrogen and oxygen atoms in total. The average Bonchev–Trinajstić information content (AvgIpc) is 2.80. The molecule has 1 unspecified atom stereocenters. The van der Waals surface area contributed by atoms with E-state index in [0.717, 1.165) is 24.7 Å². The van der Waals surface area contributed by atoms with Crippen LogP contribution in [0.25, 0.3) is 0 Å². The molecular formula is C14H21NO. The molecule has 1 aromatic rings. The van der Waals surface area contributed by atoms with Gasteiger partial charge in [0.2, 0.25) is 0 Å². The molecule has 0 radical (unpaired) electrons. The molecular weight excluding hydrogens is 198 g/mol. The van der Waals surface area contributed by atoms with Crippen molar-refractivity contribution >= 4 is 0 Å². The van der Waals surface area contributed by atoms with Crippen LogP contribution in [0.2, 0.25) is 0 Å². The Balaban J connectivity index is 1.92. The monoisotopic (exact) mass is 219 g/mol. The van der Waals surface area contributed by atoms with E-state index in [2.05, 4.69) is 30.4 Å². The van der Waals surface area contributed by atoms with Crippen molar-refractivity contribution in [2.24, 2.45) is 5.92 Å². The molecule has 0 bridgehead atoms.